The summed E-state index contributed by atoms with van der Waals surface area (Å²) in [6.07, 6.45) is 0.581. The Hall–Kier alpha value is -1.23. The van der Waals surface area contributed by atoms with Gasteiger partial charge in [0.15, 0.2) is 0 Å². The molecule has 0 bridgehead atoms. The maximum atomic E-state index is 11.0. The molecule has 0 rings (SSSR count). The molecule has 0 spiro atoms. The van der Waals surface area contributed by atoms with Crippen LogP contribution in [-0.4, -0.2) is 50.3 Å². The van der Waals surface area contributed by atoms with E-state index in [1.54, 1.807) is 0 Å². The molecule has 13 heavy (non-hydrogen) atoms. The minimum atomic E-state index is -0.660. The molecule has 0 aliphatic rings. The van der Waals surface area contributed by atoms with Crippen LogP contribution in [0.4, 0.5) is 0 Å². The quantitative estimate of drug-likeness (QED) is 0.378. The number of hydrogen-bond acceptors (Lipinski definition) is 5. The molecule has 76 valence electrons. The van der Waals surface area contributed by atoms with Crippen LogP contribution in [0.2, 0.25) is 0 Å². The first kappa shape index (κ1) is 11.8. The van der Waals surface area contributed by atoms with Crippen molar-refractivity contribution in [2.75, 3.05) is 34.4 Å². The third kappa shape index (κ3) is 5.08. The Morgan fingerprint density at radius 3 is 2.54 bits per heavy atom. The van der Waals surface area contributed by atoms with Gasteiger partial charge in [-0.15, -0.1) is 0 Å². The van der Waals surface area contributed by atoms with Crippen LogP contribution < -0.4 is 0 Å². The topological polar surface area (TPSA) is 59.0 Å². The monoisotopic (exact) mass is 189 g/mol. The summed E-state index contributed by atoms with van der Waals surface area (Å²) in [6, 6.07) is 0. The van der Waals surface area contributed by atoms with Crippen molar-refractivity contribution in [2.45, 2.75) is 0 Å². The van der Waals surface area contributed by atoms with E-state index in [9.17, 15) is 4.79 Å². The van der Waals surface area contributed by atoms with Crippen LogP contribution in [0.1, 0.15) is 0 Å². The molecule has 0 radical (unpaired) electrons. The van der Waals surface area contributed by atoms with Gasteiger partial charge in [-0.2, -0.15) is 0 Å². The third-order valence-corrected chi connectivity index (χ3v) is 1.31. The van der Waals surface area contributed by atoms with E-state index in [2.05, 4.69) is 4.74 Å². The van der Waals surface area contributed by atoms with Gasteiger partial charge in [0, 0.05) is 6.54 Å². The molecule has 0 fully saturated rings. The predicted molar refractivity (Wildman–Crippen MR) is 47.2 cm³/mol. The SMILES string of the molecule is COC(=CO)C(=O)OCCN(C)C. The molecule has 5 nitrogen and oxygen atoms in total. The van der Waals surface area contributed by atoms with Crippen LogP contribution in [-0.2, 0) is 14.3 Å². The van der Waals surface area contributed by atoms with Crippen LogP contribution in [0.5, 0.6) is 0 Å². The maximum Gasteiger partial charge on any atom is 0.376 e. The largest absolute Gasteiger partial charge is 0.511 e. The molecule has 1 N–H and O–H groups in total. The third-order valence-electron chi connectivity index (χ3n) is 1.31. The van der Waals surface area contributed by atoms with Crippen molar-refractivity contribution in [2.24, 2.45) is 0 Å². The van der Waals surface area contributed by atoms with Gasteiger partial charge in [0.1, 0.15) is 12.9 Å². The van der Waals surface area contributed by atoms with Crippen molar-refractivity contribution in [1.82, 2.24) is 4.90 Å². The van der Waals surface area contributed by atoms with Crippen LogP contribution in [0.25, 0.3) is 0 Å². The van der Waals surface area contributed by atoms with E-state index in [0.29, 0.717) is 12.8 Å². The van der Waals surface area contributed by atoms with Crippen LogP contribution in [0.15, 0.2) is 12.0 Å². The smallest absolute Gasteiger partial charge is 0.376 e. The first-order valence-corrected chi connectivity index (χ1v) is 3.82. The van der Waals surface area contributed by atoms with E-state index in [0.717, 1.165) is 0 Å². The van der Waals surface area contributed by atoms with Crippen LogP contribution >= 0.6 is 0 Å². The number of esters is 1. The number of rotatable bonds is 5. The van der Waals surface area contributed by atoms with Crippen molar-refractivity contribution in [3.05, 3.63) is 12.0 Å². The summed E-state index contributed by atoms with van der Waals surface area (Å²) >= 11 is 0. The van der Waals surface area contributed by atoms with Gasteiger partial charge in [0.2, 0.25) is 5.76 Å². The van der Waals surface area contributed by atoms with Crippen LogP contribution in [0, 0.1) is 0 Å². The Labute approximate surface area is 77.5 Å². The molecule has 0 atom stereocenters. The molecular weight excluding hydrogens is 174 g/mol. The van der Waals surface area contributed by atoms with Gasteiger partial charge >= 0.3 is 5.97 Å². The molecule has 0 heterocycles. The van der Waals surface area contributed by atoms with Gasteiger partial charge in [-0.05, 0) is 14.1 Å². The molecule has 0 amide bonds. The average molecular weight is 189 g/mol. The molecule has 0 aromatic rings. The summed E-state index contributed by atoms with van der Waals surface area (Å²) in [6.45, 7) is 0.903. The molecule has 0 saturated carbocycles. The lowest BCUT2D eigenvalue weighted by Gasteiger charge is -2.10. The number of aliphatic hydroxyl groups is 1. The lowest BCUT2D eigenvalue weighted by Crippen LogP contribution is -2.21. The molecule has 0 aliphatic carbocycles. The Kier molecular flexibility index (Phi) is 5.71. The number of ether oxygens (including phenoxy) is 2. The van der Waals surface area contributed by atoms with Gasteiger partial charge in [0.05, 0.1) is 7.11 Å². The summed E-state index contributed by atoms with van der Waals surface area (Å²) in [7, 11) is 5.02. The van der Waals surface area contributed by atoms with Crippen molar-refractivity contribution < 1.29 is 19.4 Å². The highest BCUT2D eigenvalue weighted by Gasteiger charge is 2.10. The van der Waals surface area contributed by atoms with Gasteiger partial charge in [-0.25, -0.2) is 4.79 Å². The van der Waals surface area contributed by atoms with E-state index in [1.165, 1.54) is 7.11 Å². The minimum Gasteiger partial charge on any atom is -0.511 e. The first-order chi connectivity index (χ1) is 6.11. The van der Waals surface area contributed by atoms with Crippen molar-refractivity contribution >= 4 is 5.97 Å². The van der Waals surface area contributed by atoms with Crippen molar-refractivity contribution in [3.63, 3.8) is 0 Å². The van der Waals surface area contributed by atoms with E-state index >= 15 is 0 Å². The Morgan fingerprint density at radius 2 is 2.15 bits per heavy atom. The number of aliphatic hydroxyl groups excluding tert-OH is 1. The Bertz CT molecular complexity index is 189. The number of carbonyl (C=O) groups excluding carboxylic acids is 1. The molecule has 0 saturated heterocycles. The zero-order valence-electron chi connectivity index (χ0n) is 8.11. The number of nitrogens with zero attached hydrogens (tertiary/aromatic N) is 1. The second-order valence-corrected chi connectivity index (χ2v) is 2.64. The normalized spacial score (nSPS) is 11.5. The second-order valence-electron chi connectivity index (χ2n) is 2.64. The number of methoxy groups -OCH3 is 1. The average Bonchev–Trinajstić information content (AvgIpc) is 2.05. The van der Waals surface area contributed by atoms with Crippen LogP contribution in [0.3, 0.4) is 0 Å². The zero-order valence-corrected chi connectivity index (χ0v) is 8.11. The Balaban J connectivity index is 3.74. The van der Waals surface area contributed by atoms with Crippen molar-refractivity contribution in [1.29, 1.82) is 0 Å². The molecule has 0 aromatic carbocycles. The lowest BCUT2D eigenvalue weighted by atomic mass is 10.5. The minimum absolute atomic E-state index is 0.196. The lowest BCUT2D eigenvalue weighted by molar-refractivity contribution is -0.143. The zero-order chi connectivity index (χ0) is 10.3. The van der Waals surface area contributed by atoms with Gasteiger partial charge in [-0.1, -0.05) is 0 Å². The molecule has 0 aliphatic heterocycles. The van der Waals surface area contributed by atoms with Gasteiger partial charge in [-0.3, -0.25) is 0 Å². The summed E-state index contributed by atoms with van der Waals surface area (Å²) in [5, 5.41) is 8.51. The summed E-state index contributed by atoms with van der Waals surface area (Å²) in [5.41, 5.74) is 0. The molecular formula is C8H15NO4. The summed E-state index contributed by atoms with van der Waals surface area (Å²) < 4.78 is 9.30. The summed E-state index contributed by atoms with van der Waals surface area (Å²) in [4.78, 5) is 12.9. The van der Waals surface area contributed by atoms with E-state index in [-0.39, 0.29) is 12.4 Å². The fourth-order valence-electron chi connectivity index (χ4n) is 0.581. The molecule has 5 heteroatoms. The number of hydrogen-bond donors (Lipinski definition) is 1. The first-order valence-electron chi connectivity index (χ1n) is 3.82. The number of likely N-dealkylation sites (N-methyl/N-ethyl adjacent to an activating group) is 1. The summed E-state index contributed by atoms with van der Waals surface area (Å²) in [5.74, 6) is -0.856. The maximum absolute atomic E-state index is 11.0. The van der Waals surface area contributed by atoms with Gasteiger partial charge in [0.25, 0.3) is 0 Å². The highest BCUT2D eigenvalue weighted by Crippen LogP contribution is 1.97. The standard InChI is InChI=1S/C8H15NO4/c1-9(2)4-5-13-8(11)7(6-10)12-3/h6,10H,4-5H2,1-3H3. The predicted octanol–water partition coefficient (Wildman–Crippen LogP) is 0.137. The van der Waals surface area contributed by atoms with E-state index in [1.807, 2.05) is 19.0 Å². The number of carbonyl (C=O) groups is 1. The molecule has 0 unspecified atom stereocenters. The van der Waals surface area contributed by atoms with Crippen molar-refractivity contribution in [3.8, 4) is 0 Å². The fourth-order valence-corrected chi connectivity index (χ4v) is 0.581. The Morgan fingerprint density at radius 1 is 1.54 bits per heavy atom. The second kappa shape index (κ2) is 6.30. The van der Waals surface area contributed by atoms with E-state index in [4.69, 9.17) is 9.84 Å². The highest BCUT2D eigenvalue weighted by atomic mass is 16.6. The highest BCUT2D eigenvalue weighted by molar-refractivity contribution is 5.85. The van der Waals surface area contributed by atoms with E-state index < -0.39 is 5.97 Å². The molecule has 0 aromatic heterocycles. The fraction of sp³-hybridized carbons (Fsp3) is 0.625. The van der Waals surface area contributed by atoms with Gasteiger partial charge < -0.3 is 19.5 Å².